The summed E-state index contributed by atoms with van der Waals surface area (Å²) in [6.45, 7) is 0.516. The predicted octanol–water partition coefficient (Wildman–Crippen LogP) is 1.95. The summed E-state index contributed by atoms with van der Waals surface area (Å²) in [5.74, 6) is 0. The Morgan fingerprint density at radius 3 is 2.73 bits per heavy atom. The van der Waals surface area contributed by atoms with Crippen molar-refractivity contribution in [2.75, 3.05) is 0 Å². The van der Waals surface area contributed by atoms with Crippen LogP contribution in [-0.4, -0.2) is 9.55 Å². The Balaban J connectivity index is 2.32. The van der Waals surface area contributed by atoms with Crippen molar-refractivity contribution in [2.45, 2.75) is 6.54 Å². The first-order valence-corrected chi connectivity index (χ1v) is 4.89. The summed E-state index contributed by atoms with van der Waals surface area (Å²) in [6.07, 6.45) is 2.77. The number of halogens is 1. The molecule has 0 aliphatic heterocycles. The van der Waals surface area contributed by atoms with Crippen LogP contribution < -0.4 is 5.56 Å². The fourth-order valence-electron chi connectivity index (χ4n) is 1.32. The van der Waals surface area contributed by atoms with Gasteiger partial charge in [0.05, 0.1) is 12.7 Å². The quantitative estimate of drug-likeness (QED) is 0.776. The smallest absolute Gasteiger partial charge is 0.269 e. The molecule has 1 aromatic carbocycles. The van der Waals surface area contributed by atoms with Gasteiger partial charge in [-0.15, -0.1) is 0 Å². The Hall–Kier alpha value is -1.61. The lowest BCUT2D eigenvalue weighted by Crippen LogP contribution is -2.19. The Kier molecular flexibility index (Phi) is 2.83. The van der Waals surface area contributed by atoms with Crippen molar-refractivity contribution in [3.8, 4) is 0 Å². The number of hydrogen-bond acceptors (Lipinski definition) is 2. The molecule has 1 heterocycles. The first-order chi connectivity index (χ1) is 7.25. The number of nitrogens with zero attached hydrogens (tertiary/aromatic N) is 2. The van der Waals surface area contributed by atoms with E-state index in [9.17, 15) is 4.79 Å². The highest BCUT2D eigenvalue weighted by Crippen LogP contribution is 2.03. The molecule has 0 atom stereocenters. The molecule has 0 unspecified atom stereocenters. The van der Waals surface area contributed by atoms with Crippen molar-refractivity contribution in [2.24, 2.45) is 0 Å². The van der Waals surface area contributed by atoms with Gasteiger partial charge < -0.3 is 4.57 Å². The van der Waals surface area contributed by atoms with Gasteiger partial charge in [0.15, 0.2) is 0 Å². The molecule has 0 saturated heterocycles. The molecular formula is C11H9ClN2O. The highest BCUT2D eigenvalue weighted by atomic mass is 35.5. The van der Waals surface area contributed by atoms with Crippen molar-refractivity contribution in [1.29, 1.82) is 0 Å². The minimum Gasteiger partial charge on any atom is -0.307 e. The van der Waals surface area contributed by atoms with E-state index < -0.39 is 0 Å². The Labute approximate surface area is 92.0 Å². The zero-order valence-electron chi connectivity index (χ0n) is 7.93. The second-order valence-electron chi connectivity index (χ2n) is 3.16. The topological polar surface area (TPSA) is 34.9 Å². The van der Waals surface area contributed by atoms with E-state index in [0.29, 0.717) is 11.7 Å². The Bertz CT molecular complexity index is 507. The molecule has 0 saturated carbocycles. The molecule has 15 heavy (non-hydrogen) atoms. The van der Waals surface area contributed by atoms with E-state index in [2.05, 4.69) is 4.98 Å². The van der Waals surface area contributed by atoms with Gasteiger partial charge in [0.25, 0.3) is 5.56 Å². The minimum atomic E-state index is -0.150. The molecule has 0 N–H and O–H groups in total. The zero-order chi connectivity index (χ0) is 10.7. The van der Waals surface area contributed by atoms with Gasteiger partial charge in [0.2, 0.25) is 0 Å². The molecule has 4 heteroatoms. The second-order valence-corrected chi connectivity index (χ2v) is 3.55. The first kappa shape index (κ1) is 9.93. The molecule has 0 aliphatic rings. The summed E-state index contributed by atoms with van der Waals surface area (Å²) in [5.41, 5.74) is 0.908. The van der Waals surface area contributed by atoms with Crippen LogP contribution in [0.15, 0.2) is 47.5 Å². The molecule has 3 nitrogen and oxygen atoms in total. The van der Waals surface area contributed by atoms with Gasteiger partial charge >= 0.3 is 0 Å². The Morgan fingerprint density at radius 2 is 2.00 bits per heavy atom. The number of benzene rings is 1. The van der Waals surface area contributed by atoms with E-state index in [1.54, 1.807) is 0 Å². The lowest BCUT2D eigenvalue weighted by Gasteiger charge is -2.04. The average Bonchev–Trinajstić information content (AvgIpc) is 2.25. The van der Waals surface area contributed by atoms with Crippen molar-refractivity contribution < 1.29 is 0 Å². The molecule has 0 bridgehead atoms. The van der Waals surface area contributed by atoms with E-state index in [-0.39, 0.29) is 5.56 Å². The Morgan fingerprint density at radius 1 is 1.27 bits per heavy atom. The largest absolute Gasteiger partial charge is 0.307 e. The summed E-state index contributed by atoms with van der Waals surface area (Å²) in [4.78, 5) is 15.1. The van der Waals surface area contributed by atoms with Gasteiger partial charge in [-0.3, -0.25) is 4.79 Å². The summed E-state index contributed by atoms with van der Waals surface area (Å²) in [7, 11) is 0. The molecule has 0 fully saturated rings. The molecular weight excluding hydrogens is 212 g/mol. The van der Waals surface area contributed by atoms with E-state index in [4.69, 9.17) is 11.6 Å². The van der Waals surface area contributed by atoms with E-state index in [0.717, 1.165) is 5.56 Å². The van der Waals surface area contributed by atoms with Gasteiger partial charge in [0, 0.05) is 6.20 Å². The van der Waals surface area contributed by atoms with Crippen LogP contribution in [0.3, 0.4) is 0 Å². The molecule has 0 radical (unpaired) electrons. The summed E-state index contributed by atoms with van der Waals surface area (Å²) >= 11 is 5.71. The third-order valence-electron chi connectivity index (χ3n) is 2.04. The van der Waals surface area contributed by atoms with Gasteiger partial charge in [-0.25, -0.2) is 4.98 Å². The highest BCUT2D eigenvalue weighted by Gasteiger charge is 1.98. The molecule has 1 aromatic heterocycles. The molecule has 76 valence electrons. The normalized spacial score (nSPS) is 10.2. The summed E-state index contributed by atoms with van der Waals surface area (Å²) in [6, 6.07) is 9.72. The van der Waals surface area contributed by atoms with Crippen LogP contribution in [0.25, 0.3) is 0 Å². The molecule has 0 amide bonds. The molecule has 2 aromatic rings. The van der Waals surface area contributed by atoms with Crippen molar-refractivity contribution in [1.82, 2.24) is 9.55 Å². The van der Waals surface area contributed by atoms with Crippen molar-refractivity contribution >= 4 is 11.6 Å². The fraction of sp³-hybridized carbons (Fsp3) is 0.0909. The number of rotatable bonds is 2. The number of hydrogen-bond donors (Lipinski definition) is 0. The molecule has 0 spiro atoms. The third kappa shape index (κ3) is 2.44. The van der Waals surface area contributed by atoms with Crippen LogP contribution >= 0.6 is 11.6 Å². The highest BCUT2D eigenvalue weighted by molar-refractivity contribution is 6.29. The van der Waals surface area contributed by atoms with Gasteiger partial charge in [-0.1, -0.05) is 41.9 Å². The van der Waals surface area contributed by atoms with Crippen LogP contribution in [0.4, 0.5) is 0 Å². The SMILES string of the molecule is O=c1cnc(Cl)cn1Cc1ccccc1. The van der Waals surface area contributed by atoms with Gasteiger partial charge in [0.1, 0.15) is 5.15 Å². The van der Waals surface area contributed by atoms with Crippen molar-refractivity contribution in [3.05, 3.63) is 63.8 Å². The van der Waals surface area contributed by atoms with E-state index in [1.165, 1.54) is 17.0 Å². The molecule has 0 aliphatic carbocycles. The standard InChI is InChI=1S/C11H9ClN2O/c12-10-8-14(11(15)6-13-10)7-9-4-2-1-3-5-9/h1-6,8H,7H2. The second kappa shape index (κ2) is 4.28. The maximum atomic E-state index is 11.4. The summed E-state index contributed by atoms with van der Waals surface area (Å²) < 4.78 is 1.53. The predicted molar refractivity (Wildman–Crippen MR) is 59.1 cm³/mol. The van der Waals surface area contributed by atoms with Crippen LogP contribution in [0.1, 0.15) is 5.56 Å². The van der Waals surface area contributed by atoms with E-state index >= 15 is 0 Å². The summed E-state index contributed by atoms with van der Waals surface area (Å²) in [5, 5.41) is 0.325. The fourth-order valence-corrected chi connectivity index (χ4v) is 1.49. The van der Waals surface area contributed by atoms with Gasteiger partial charge in [-0.2, -0.15) is 0 Å². The zero-order valence-corrected chi connectivity index (χ0v) is 8.69. The van der Waals surface area contributed by atoms with E-state index in [1.807, 2.05) is 30.3 Å². The molecule has 2 rings (SSSR count). The first-order valence-electron chi connectivity index (χ1n) is 4.51. The minimum absolute atomic E-state index is 0.150. The maximum absolute atomic E-state index is 11.4. The van der Waals surface area contributed by atoms with Crippen LogP contribution in [-0.2, 0) is 6.54 Å². The van der Waals surface area contributed by atoms with Gasteiger partial charge in [-0.05, 0) is 5.56 Å². The third-order valence-corrected chi connectivity index (χ3v) is 2.23. The number of aromatic nitrogens is 2. The lowest BCUT2D eigenvalue weighted by molar-refractivity contribution is 0.748. The average molecular weight is 221 g/mol. The monoisotopic (exact) mass is 220 g/mol. The maximum Gasteiger partial charge on any atom is 0.269 e. The lowest BCUT2D eigenvalue weighted by atomic mass is 10.2. The van der Waals surface area contributed by atoms with Crippen LogP contribution in [0, 0.1) is 0 Å². The van der Waals surface area contributed by atoms with Crippen molar-refractivity contribution in [3.63, 3.8) is 0 Å². The van der Waals surface area contributed by atoms with Crippen LogP contribution in [0.5, 0.6) is 0 Å². The van der Waals surface area contributed by atoms with Crippen LogP contribution in [0.2, 0.25) is 5.15 Å².